The van der Waals surface area contributed by atoms with Gasteiger partial charge in [-0.15, -0.1) is 0 Å². The van der Waals surface area contributed by atoms with Crippen molar-refractivity contribution in [2.75, 3.05) is 12.0 Å². The number of rotatable bonds is 2. The summed E-state index contributed by atoms with van der Waals surface area (Å²) in [6, 6.07) is 7.90. The van der Waals surface area contributed by atoms with E-state index in [0.717, 1.165) is 25.1 Å². The molecule has 16 heavy (non-hydrogen) atoms. The molecule has 1 aliphatic rings. The summed E-state index contributed by atoms with van der Waals surface area (Å²) in [7, 11) is 0. The fourth-order valence-corrected chi connectivity index (χ4v) is 1.63. The molecule has 1 aromatic rings. The van der Waals surface area contributed by atoms with Crippen LogP contribution in [-0.2, 0) is 4.79 Å². The number of hydrogen-bond donors (Lipinski definition) is 2. The van der Waals surface area contributed by atoms with Crippen molar-refractivity contribution in [3.63, 3.8) is 0 Å². The first kappa shape index (κ1) is 10.7. The highest BCUT2D eigenvalue weighted by atomic mass is 16.2. The molecule has 1 saturated heterocycles. The van der Waals surface area contributed by atoms with Gasteiger partial charge in [0, 0.05) is 6.54 Å². The molecule has 0 unspecified atom stereocenters. The first-order valence-electron chi connectivity index (χ1n) is 5.43. The fraction of sp³-hybridized carbons (Fsp3) is 0.333. The van der Waals surface area contributed by atoms with Crippen LogP contribution in [0, 0.1) is 6.92 Å². The van der Waals surface area contributed by atoms with Crippen molar-refractivity contribution < 1.29 is 4.79 Å². The summed E-state index contributed by atoms with van der Waals surface area (Å²) in [4.78, 5) is 11.4. The van der Waals surface area contributed by atoms with Crippen molar-refractivity contribution in [2.24, 2.45) is 5.10 Å². The summed E-state index contributed by atoms with van der Waals surface area (Å²) in [5, 5.41) is 6.90. The van der Waals surface area contributed by atoms with Crippen LogP contribution in [0.4, 0.5) is 5.69 Å². The molecule has 0 spiro atoms. The van der Waals surface area contributed by atoms with Crippen LogP contribution in [0.3, 0.4) is 0 Å². The van der Waals surface area contributed by atoms with E-state index in [4.69, 9.17) is 0 Å². The second-order valence-electron chi connectivity index (χ2n) is 3.90. The fourth-order valence-electron chi connectivity index (χ4n) is 1.63. The Labute approximate surface area is 94.7 Å². The van der Waals surface area contributed by atoms with Crippen LogP contribution < -0.4 is 10.7 Å². The van der Waals surface area contributed by atoms with Gasteiger partial charge in [0.15, 0.2) is 0 Å². The van der Waals surface area contributed by atoms with E-state index in [1.807, 2.05) is 31.2 Å². The zero-order chi connectivity index (χ0) is 11.4. The van der Waals surface area contributed by atoms with Gasteiger partial charge in [-0.05, 0) is 37.5 Å². The van der Waals surface area contributed by atoms with Crippen molar-refractivity contribution in [2.45, 2.75) is 19.8 Å². The summed E-state index contributed by atoms with van der Waals surface area (Å²) in [6.45, 7) is 2.77. The SMILES string of the molecule is Cc1cccc(NN=C2CCCNC2=O)c1. The number of benzene rings is 1. The summed E-state index contributed by atoms with van der Waals surface area (Å²) < 4.78 is 0. The van der Waals surface area contributed by atoms with Crippen molar-refractivity contribution in [3.05, 3.63) is 29.8 Å². The quantitative estimate of drug-likeness (QED) is 0.740. The highest BCUT2D eigenvalue weighted by Gasteiger charge is 2.15. The third-order valence-corrected chi connectivity index (χ3v) is 2.48. The smallest absolute Gasteiger partial charge is 0.267 e. The molecule has 1 aromatic carbocycles. The Bertz CT molecular complexity index is 426. The van der Waals surface area contributed by atoms with E-state index in [-0.39, 0.29) is 5.91 Å². The molecule has 1 heterocycles. The summed E-state index contributed by atoms with van der Waals surface area (Å²) in [6.07, 6.45) is 1.70. The maximum absolute atomic E-state index is 11.4. The molecule has 1 amide bonds. The van der Waals surface area contributed by atoms with Gasteiger partial charge in [-0.1, -0.05) is 12.1 Å². The Balaban J connectivity index is 2.05. The van der Waals surface area contributed by atoms with Gasteiger partial charge in [0.25, 0.3) is 5.91 Å². The molecular formula is C12H15N3O. The number of amides is 1. The number of nitrogens with one attached hydrogen (secondary N) is 2. The maximum Gasteiger partial charge on any atom is 0.267 e. The van der Waals surface area contributed by atoms with Crippen LogP contribution in [-0.4, -0.2) is 18.2 Å². The van der Waals surface area contributed by atoms with Crippen LogP contribution in [0.1, 0.15) is 18.4 Å². The molecule has 2 rings (SSSR count). The van der Waals surface area contributed by atoms with Crippen molar-refractivity contribution >= 4 is 17.3 Å². The minimum atomic E-state index is -0.0635. The van der Waals surface area contributed by atoms with Gasteiger partial charge in [-0.25, -0.2) is 0 Å². The molecule has 2 N–H and O–H groups in total. The van der Waals surface area contributed by atoms with E-state index in [1.165, 1.54) is 5.56 Å². The largest absolute Gasteiger partial charge is 0.351 e. The van der Waals surface area contributed by atoms with E-state index < -0.39 is 0 Å². The van der Waals surface area contributed by atoms with Crippen molar-refractivity contribution in [1.29, 1.82) is 0 Å². The molecule has 0 radical (unpaired) electrons. The highest BCUT2D eigenvalue weighted by molar-refractivity contribution is 6.39. The van der Waals surface area contributed by atoms with E-state index >= 15 is 0 Å². The van der Waals surface area contributed by atoms with E-state index in [1.54, 1.807) is 0 Å². The molecule has 1 aliphatic heterocycles. The number of anilines is 1. The van der Waals surface area contributed by atoms with Crippen LogP contribution in [0.5, 0.6) is 0 Å². The molecule has 84 valence electrons. The normalized spacial score (nSPS) is 18.3. The van der Waals surface area contributed by atoms with Crippen LogP contribution >= 0.6 is 0 Å². The summed E-state index contributed by atoms with van der Waals surface area (Å²) in [5.41, 5.74) is 5.56. The topological polar surface area (TPSA) is 53.5 Å². The number of nitrogens with zero attached hydrogens (tertiary/aromatic N) is 1. The van der Waals surface area contributed by atoms with Gasteiger partial charge >= 0.3 is 0 Å². The second kappa shape index (κ2) is 4.79. The number of hydrazone groups is 1. The monoisotopic (exact) mass is 217 g/mol. The Morgan fingerprint density at radius 1 is 1.44 bits per heavy atom. The van der Waals surface area contributed by atoms with Gasteiger partial charge in [-0.2, -0.15) is 5.10 Å². The number of aryl methyl sites for hydroxylation is 1. The minimum Gasteiger partial charge on any atom is -0.351 e. The molecule has 4 nitrogen and oxygen atoms in total. The molecule has 0 saturated carbocycles. The maximum atomic E-state index is 11.4. The summed E-state index contributed by atoms with van der Waals surface area (Å²) in [5.74, 6) is -0.0635. The van der Waals surface area contributed by atoms with Gasteiger partial charge in [0.2, 0.25) is 0 Å². The Morgan fingerprint density at radius 3 is 3.06 bits per heavy atom. The lowest BCUT2D eigenvalue weighted by Crippen LogP contribution is -2.37. The Kier molecular flexibility index (Phi) is 3.19. The van der Waals surface area contributed by atoms with Gasteiger partial charge in [0.1, 0.15) is 5.71 Å². The average Bonchev–Trinajstić information content (AvgIpc) is 2.28. The van der Waals surface area contributed by atoms with Gasteiger partial charge in [-0.3, -0.25) is 10.2 Å². The molecule has 1 fully saturated rings. The third kappa shape index (κ3) is 2.59. The van der Waals surface area contributed by atoms with Gasteiger partial charge < -0.3 is 5.32 Å². The molecule has 0 aromatic heterocycles. The predicted octanol–water partition coefficient (Wildman–Crippen LogP) is 1.67. The first-order valence-corrected chi connectivity index (χ1v) is 5.43. The zero-order valence-corrected chi connectivity index (χ0v) is 9.29. The Morgan fingerprint density at radius 2 is 2.31 bits per heavy atom. The molecule has 0 bridgehead atoms. The third-order valence-electron chi connectivity index (χ3n) is 2.48. The number of carbonyl (C=O) groups is 1. The van der Waals surface area contributed by atoms with E-state index in [9.17, 15) is 4.79 Å². The number of piperidine rings is 1. The van der Waals surface area contributed by atoms with E-state index in [0.29, 0.717) is 5.71 Å². The Hall–Kier alpha value is -1.84. The molecule has 4 heteroatoms. The molecule has 0 atom stereocenters. The standard InChI is InChI=1S/C12H15N3O/c1-9-4-2-5-10(8-9)14-15-11-6-3-7-13-12(11)16/h2,4-5,8,14H,3,6-7H2,1H3,(H,13,16). The average molecular weight is 217 g/mol. The number of carbonyl (C=O) groups excluding carboxylic acids is 1. The first-order chi connectivity index (χ1) is 7.75. The lowest BCUT2D eigenvalue weighted by Gasteiger charge is -2.13. The van der Waals surface area contributed by atoms with Gasteiger partial charge in [0.05, 0.1) is 5.69 Å². The number of hydrogen-bond acceptors (Lipinski definition) is 3. The summed E-state index contributed by atoms with van der Waals surface area (Å²) >= 11 is 0. The lowest BCUT2D eigenvalue weighted by atomic mass is 10.1. The van der Waals surface area contributed by atoms with Crippen molar-refractivity contribution in [3.8, 4) is 0 Å². The predicted molar refractivity (Wildman–Crippen MR) is 64.5 cm³/mol. The molecular weight excluding hydrogens is 202 g/mol. The lowest BCUT2D eigenvalue weighted by molar-refractivity contribution is -0.115. The van der Waals surface area contributed by atoms with Crippen LogP contribution in [0.2, 0.25) is 0 Å². The van der Waals surface area contributed by atoms with Crippen molar-refractivity contribution in [1.82, 2.24) is 5.32 Å². The van der Waals surface area contributed by atoms with Crippen LogP contribution in [0.25, 0.3) is 0 Å². The molecule has 0 aliphatic carbocycles. The van der Waals surface area contributed by atoms with E-state index in [2.05, 4.69) is 15.8 Å². The van der Waals surface area contributed by atoms with Crippen LogP contribution in [0.15, 0.2) is 29.4 Å². The zero-order valence-electron chi connectivity index (χ0n) is 9.29. The second-order valence-corrected chi connectivity index (χ2v) is 3.90. The highest BCUT2D eigenvalue weighted by Crippen LogP contribution is 2.10. The minimum absolute atomic E-state index is 0.0635.